The maximum atomic E-state index is 12.5. The van der Waals surface area contributed by atoms with Crippen LogP contribution in [0.5, 0.6) is 0 Å². The maximum absolute atomic E-state index is 12.5. The van der Waals surface area contributed by atoms with Crippen molar-refractivity contribution in [1.82, 2.24) is 24.9 Å². The van der Waals surface area contributed by atoms with Gasteiger partial charge in [-0.15, -0.1) is 0 Å². The minimum atomic E-state index is -0.263. The summed E-state index contributed by atoms with van der Waals surface area (Å²) in [5.74, 6) is 2.00. The number of aromatic amines is 1. The Bertz CT molecular complexity index is 889. The van der Waals surface area contributed by atoms with E-state index < -0.39 is 0 Å². The zero-order valence-corrected chi connectivity index (χ0v) is 16.6. The molecule has 2 aromatic heterocycles. The summed E-state index contributed by atoms with van der Waals surface area (Å²) in [5, 5.41) is 14.4. The summed E-state index contributed by atoms with van der Waals surface area (Å²) in [7, 11) is 6.95. The Kier molecular flexibility index (Phi) is 4.70. The van der Waals surface area contributed by atoms with Crippen LogP contribution in [0.1, 0.15) is 40.6 Å². The molecule has 150 valence electrons. The van der Waals surface area contributed by atoms with Gasteiger partial charge < -0.3 is 15.0 Å². The molecule has 4 rings (SSSR count). The maximum Gasteiger partial charge on any atom is 0.275 e. The summed E-state index contributed by atoms with van der Waals surface area (Å²) >= 11 is 0. The Morgan fingerprint density at radius 3 is 2.68 bits per heavy atom. The third-order valence-electron chi connectivity index (χ3n) is 5.91. The third-order valence-corrected chi connectivity index (χ3v) is 5.91. The number of fused-ring (bicyclic) bond motifs is 1. The first-order valence-corrected chi connectivity index (χ1v) is 9.48. The molecule has 2 N–H and O–H groups in total. The first-order valence-electron chi connectivity index (χ1n) is 9.48. The summed E-state index contributed by atoms with van der Waals surface area (Å²) in [5.41, 5.74) is 2.16. The average molecular weight is 386 g/mol. The zero-order valence-electron chi connectivity index (χ0n) is 16.6. The van der Waals surface area contributed by atoms with Crippen LogP contribution in [-0.4, -0.2) is 57.9 Å². The molecule has 0 saturated heterocycles. The molecule has 0 spiro atoms. The van der Waals surface area contributed by atoms with Gasteiger partial charge in [0.15, 0.2) is 5.82 Å². The number of nitrogens with zero attached hydrogens (tertiary/aromatic N) is 4. The van der Waals surface area contributed by atoms with Gasteiger partial charge in [0, 0.05) is 51.8 Å². The van der Waals surface area contributed by atoms with E-state index >= 15 is 0 Å². The molecule has 0 aromatic carbocycles. The van der Waals surface area contributed by atoms with Crippen molar-refractivity contribution in [3.8, 4) is 0 Å². The Morgan fingerprint density at radius 2 is 2.04 bits per heavy atom. The standard InChI is InChI=1S/C19H26N6O3/c1-24(2)19(27)17-12-5-10(6-13(12)17)14-8-16(22-21-14)20-18(26)15-7-11(9-28-4)23-25(15)3/h7-8,10,12-13,17H,5-6,9H2,1-4H3,(H2,20,21,22,26)/t10?,12-,13?,17?/m0/s1. The van der Waals surface area contributed by atoms with Crippen LogP contribution in [0, 0.1) is 17.8 Å². The summed E-state index contributed by atoms with van der Waals surface area (Å²) < 4.78 is 6.58. The lowest BCUT2D eigenvalue weighted by Gasteiger charge is -2.15. The van der Waals surface area contributed by atoms with Crippen LogP contribution >= 0.6 is 0 Å². The quantitative estimate of drug-likeness (QED) is 0.780. The fourth-order valence-corrected chi connectivity index (χ4v) is 4.51. The highest BCUT2D eigenvalue weighted by molar-refractivity contribution is 6.02. The van der Waals surface area contributed by atoms with Crippen LogP contribution in [0.4, 0.5) is 5.82 Å². The molecule has 2 saturated carbocycles. The first kappa shape index (κ1) is 18.7. The number of H-pyrrole nitrogens is 1. The van der Waals surface area contributed by atoms with Gasteiger partial charge >= 0.3 is 0 Å². The number of carbonyl (C=O) groups excluding carboxylic acids is 2. The molecule has 2 aliphatic rings. The Labute approximate surface area is 163 Å². The lowest BCUT2D eigenvalue weighted by molar-refractivity contribution is -0.130. The second-order valence-electron chi connectivity index (χ2n) is 7.99. The van der Waals surface area contributed by atoms with E-state index in [1.165, 1.54) is 4.68 Å². The predicted molar refractivity (Wildman–Crippen MR) is 102 cm³/mol. The van der Waals surface area contributed by atoms with Gasteiger partial charge in [-0.1, -0.05) is 0 Å². The normalized spacial score (nSPS) is 25.4. The largest absolute Gasteiger partial charge is 0.378 e. The molecule has 2 amide bonds. The van der Waals surface area contributed by atoms with Crippen LogP contribution in [0.3, 0.4) is 0 Å². The molecule has 2 heterocycles. The van der Waals surface area contributed by atoms with Gasteiger partial charge in [-0.25, -0.2) is 0 Å². The van der Waals surface area contributed by atoms with E-state index in [1.807, 2.05) is 20.2 Å². The van der Waals surface area contributed by atoms with E-state index in [2.05, 4.69) is 20.6 Å². The van der Waals surface area contributed by atoms with Gasteiger partial charge in [0.05, 0.1) is 12.3 Å². The number of methoxy groups -OCH3 is 1. The van der Waals surface area contributed by atoms with Crippen molar-refractivity contribution in [2.75, 3.05) is 26.5 Å². The van der Waals surface area contributed by atoms with Gasteiger partial charge in [0.2, 0.25) is 5.91 Å². The minimum Gasteiger partial charge on any atom is -0.378 e. The number of aromatic nitrogens is 4. The Balaban J connectivity index is 1.36. The van der Waals surface area contributed by atoms with Gasteiger partial charge in [0.25, 0.3) is 5.91 Å². The van der Waals surface area contributed by atoms with Crippen molar-refractivity contribution in [3.63, 3.8) is 0 Å². The lowest BCUT2D eigenvalue weighted by Crippen LogP contribution is -2.25. The second kappa shape index (κ2) is 7.05. The van der Waals surface area contributed by atoms with E-state index in [-0.39, 0.29) is 17.7 Å². The first-order chi connectivity index (χ1) is 13.4. The van der Waals surface area contributed by atoms with E-state index in [1.54, 1.807) is 25.1 Å². The molecule has 0 radical (unpaired) electrons. The summed E-state index contributed by atoms with van der Waals surface area (Å²) in [6.45, 7) is 0.356. The fraction of sp³-hybridized carbons (Fsp3) is 0.579. The Morgan fingerprint density at radius 1 is 1.32 bits per heavy atom. The van der Waals surface area contributed by atoms with E-state index in [4.69, 9.17) is 4.74 Å². The molecule has 9 nitrogen and oxygen atoms in total. The summed E-state index contributed by atoms with van der Waals surface area (Å²) in [6.07, 6.45) is 1.99. The Hall–Kier alpha value is -2.68. The van der Waals surface area contributed by atoms with Crippen molar-refractivity contribution >= 4 is 17.6 Å². The van der Waals surface area contributed by atoms with E-state index in [0.717, 1.165) is 18.5 Å². The van der Waals surface area contributed by atoms with Crippen LogP contribution in [-0.2, 0) is 23.2 Å². The third kappa shape index (κ3) is 3.30. The topological polar surface area (TPSA) is 105 Å². The van der Waals surface area contributed by atoms with Crippen LogP contribution in [0.2, 0.25) is 0 Å². The molecule has 0 aliphatic heterocycles. The van der Waals surface area contributed by atoms with Crippen LogP contribution in [0.15, 0.2) is 12.1 Å². The summed E-state index contributed by atoms with van der Waals surface area (Å²) in [4.78, 5) is 26.3. The number of amides is 2. The van der Waals surface area contributed by atoms with Crippen molar-refractivity contribution in [3.05, 3.63) is 29.2 Å². The van der Waals surface area contributed by atoms with E-state index in [0.29, 0.717) is 41.6 Å². The molecular formula is C19H26N6O3. The summed E-state index contributed by atoms with van der Waals surface area (Å²) in [6, 6.07) is 3.60. The highest BCUT2D eigenvalue weighted by Crippen LogP contribution is 2.62. The molecule has 2 aromatic rings. The number of carbonyl (C=O) groups is 2. The molecule has 28 heavy (non-hydrogen) atoms. The molecule has 2 fully saturated rings. The van der Waals surface area contributed by atoms with Crippen molar-refractivity contribution in [1.29, 1.82) is 0 Å². The van der Waals surface area contributed by atoms with Gasteiger partial charge in [-0.3, -0.25) is 19.4 Å². The highest BCUT2D eigenvalue weighted by atomic mass is 16.5. The lowest BCUT2D eigenvalue weighted by atomic mass is 9.96. The second-order valence-corrected chi connectivity index (χ2v) is 7.99. The zero-order chi connectivity index (χ0) is 20.0. The monoisotopic (exact) mass is 386 g/mol. The molecule has 0 bridgehead atoms. The number of hydrogen-bond acceptors (Lipinski definition) is 5. The average Bonchev–Trinajstić information content (AvgIpc) is 3.07. The number of nitrogens with one attached hydrogen (secondary N) is 2. The van der Waals surface area contributed by atoms with Gasteiger partial charge in [-0.2, -0.15) is 10.2 Å². The van der Waals surface area contributed by atoms with Crippen LogP contribution in [0.25, 0.3) is 0 Å². The minimum absolute atomic E-state index is 0.194. The van der Waals surface area contributed by atoms with E-state index in [9.17, 15) is 9.59 Å². The molecule has 2 aliphatic carbocycles. The van der Waals surface area contributed by atoms with Crippen molar-refractivity contribution in [2.45, 2.75) is 25.4 Å². The van der Waals surface area contributed by atoms with Crippen LogP contribution < -0.4 is 5.32 Å². The molecule has 4 atom stereocenters. The number of aryl methyl sites for hydroxylation is 1. The highest BCUT2D eigenvalue weighted by Gasteiger charge is 2.60. The SMILES string of the molecule is COCc1cc(C(=O)Nc2cc(C3CC4C(C(=O)N(C)C)[C@H]4C3)[nH]n2)n(C)n1. The molecule has 3 unspecified atom stereocenters. The number of rotatable bonds is 6. The number of hydrogen-bond donors (Lipinski definition) is 2. The number of anilines is 1. The van der Waals surface area contributed by atoms with Crippen molar-refractivity contribution < 1.29 is 14.3 Å². The molecular weight excluding hydrogens is 360 g/mol. The number of ether oxygens (including phenoxy) is 1. The predicted octanol–water partition coefficient (Wildman–Crippen LogP) is 1.37. The van der Waals surface area contributed by atoms with Gasteiger partial charge in [0.1, 0.15) is 5.69 Å². The van der Waals surface area contributed by atoms with Crippen molar-refractivity contribution in [2.24, 2.45) is 24.8 Å². The van der Waals surface area contributed by atoms with Gasteiger partial charge in [-0.05, 0) is 30.7 Å². The smallest absolute Gasteiger partial charge is 0.275 e. The molecule has 9 heteroatoms. The fourth-order valence-electron chi connectivity index (χ4n) is 4.51.